The highest BCUT2D eigenvalue weighted by molar-refractivity contribution is 5.97. The molecule has 0 spiro atoms. The van der Waals surface area contributed by atoms with Crippen molar-refractivity contribution in [1.29, 1.82) is 0 Å². The molecule has 2 aromatic carbocycles. The summed E-state index contributed by atoms with van der Waals surface area (Å²) < 4.78 is 26.8. The van der Waals surface area contributed by atoms with Gasteiger partial charge in [-0.3, -0.25) is 0 Å². The molecule has 0 aliphatic carbocycles. The number of carbonyl (C=O) groups is 1. The second kappa shape index (κ2) is 9.10. The Labute approximate surface area is 153 Å². The normalized spacial score (nSPS) is 10.3. The van der Waals surface area contributed by atoms with Gasteiger partial charge in [-0.15, -0.1) is 0 Å². The number of methoxy groups -OCH3 is 3. The van der Waals surface area contributed by atoms with Gasteiger partial charge < -0.3 is 23.7 Å². The summed E-state index contributed by atoms with van der Waals surface area (Å²) in [4.78, 5) is 12.5. The van der Waals surface area contributed by atoms with Crippen LogP contribution in [0.1, 0.15) is 27.0 Å². The van der Waals surface area contributed by atoms with Gasteiger partial charge in [0.1, 0.15) is 29.4 Å². The van der Waals surface area contributed by atoms with Crippen molar-refractivity contribution in [1.82, 2.24) is 0 Å². The molecule has 2 rings (SSSR count). The van der Waals surface area contributed by atoms with Crippen LogP contribution in [0.3, 0.4) is 0 Å². The molecular formula is C20H24O6. The summed E-state index contributed by atoms with van der Waals surface area (Å²) in [5, 5.41) is 0. The van der Waals surface area contributed by atoms with Crippen LogP contribution >= 0.6 is 0 Å². The molecule has 0 atom stereocenters. The molecule has 0 aromatic heterocycles. The van der Waals surface area contributed by atoms with Crippen LogP contribution in [0.4, 0.5) is 0 Å². The molecule has 0 N–H and O–H groups in total. The van der Waals surface area contributed by atoms with E-state index in [4.69, 9.17) is 23.7 Å². The minimum atomic E-state index is -0.582. The van der Waals surface area contributed by atoms with Crippen molar-refractivity contribution in [2.24, 2.45) is 0 Å². The molecule has 140 valence electrons. The number of hydrogen-bond acceptors (Lipinski definition) is 6. The average molecular weight is 360 g/mol. The number of hydrogen-bond donors (Lipinski definition) is 0. The van der Waals surface area contributed by atoms with Crippen molar-refractivity contribution in [2.45, 2.75) is 20.5 Å². The van der Waals surface area contributed by atoms with Crippen LogP contribution in [0.5, 0.6) is 17.2 Å². The topological polar surface area (TPSA) is 63.2 Å². The maximum absolute atomic E-state index is 12.5. The van der Waals surface area contributed by atoms with E-state index in [0.29, 0.717) is 35.0 Å². The maximum atomic E-state index is 12.5. The predicted molar refractivity (Wildman–Crippen MR) is 97.1 cm³/mol. The lowest BCUT2D eigenvalue weighted by molar-refractivity contribution is -0.0129. The van der Waals surface area contributed by atoms with Crippen molar-refractivity contribution >= 4 is 5.97 Å². The minimum Gasteiger partial charge on any atom is -0.495 e. The Kier molecular flexibility index (Phi) is 6.86. The summed E-state index contributed by atoms with van der Waals surface area (Å²) in [5.74, 6) is 0.750. The molecule has 0 bridgehead atoms. The summed E-state index contributed by atoms with van der Waals surface area (Å²) in [6.07, 6.45) is 0. The lowest BCUT2D eigenvalue weighted by Gasteiger charge is -2.21. The first-order chi connectivity index (χ1) is 12.5. The number of carbonyl (C=O) groups excluding carboxylic acids is 1. The van der Waals surface area contributed by atoms with E-state index in [0.717, 1.165) is 5.56 Å². The Morgan fingerprint density at radius 1 is 0.885 bits per heavy atom. The van der Waals surface area contributed by atoms with E-state index in [2.05, 4.69) is 0 Å². The van der Waals surface area contributed by atoms with Gasteiger partial charge in [0, 0.05) is 18.2 Å². The lowest BCUT2D eigenvalue weighted by atomic mass is 10.0. The van der Waals surface area contributed by atoms with Crippen molar-refractivity contribution in [3.05, 3.63) is 52.6 Å². The van der Waals surface area contributed by atoms with Crippen molar-refractivity contribution in [3.63, 3.8) is 0 Å². The molecular weight excluding hydrogens is 336 g/mol. The molecule has 0 radical (unpaired) electrons. The van der Waals surface area contributed by atoms with Crippen LogP contribution in [-0.4, -0.2) is 34.1 Å². The summed E-state index contributed by atoms with van der Waals surface area (Å²) in [6, 6.07) is 9.82. The molecule has 0 amide bonds. The smallest absolute Gasteiger partial charge is 0.347 e. The van der Waals surface area contributed by atoms with Gasteiger partial charge in [-0.1, -0.05) is 30.3 Å². The number of rotatable bonds is 8. The van der Waals surface area contributed by atoms with E-state index in [1.54, 1.807) is 0 Å². The van der Waals surface area contributed by atoms with Gasteiger partial charge in [-0.2, -0.15) is 0 Å². The van der Waals surface area contributed by atoms with Crippen LogP contribution in [-0.2, 0) is 16.1 Å². The predicted octanol–water partition coefficient (Wildman–Crippen LogP) is 3.66. The summed E-state index contributed by atoms with van der Waals surface area (Å²) >= 11 is 0. The zero-order chi connectivity index (χ0) is 19.1. The first kappa shape index (κ1) is 19.6. The van der Waals surface area contributed by atoms with Gasteiger partial charge in [0.25, 0.3) is 0 Å². The molecule has 2 aromatic rings. The molecule has 26 heavy (non-hydrogen) atoms. The Morgan fingerprint density at radius 2 is 1.46 bits per heavy atom. The molecule has 0 heterocycles. The summed E-state index contributed by atoms with van der Waals surface area (Å²) in [6.45, 7) is 3.90. The number of benzene rings is 2. The van der Waals surface area contributed by atoms with Crippen molar-refractivity contribution in [3.8, 4) is 17.2 Å². The largest absolute Gasteiger partial charge is 0.495 e. The van der Waals surface area contributed by atoms with E-state index in [1.165, 1.54) is 21.3 Å². The molecule has 0 aliphatic rings. The number of ether oxygens (including phenoxy) is 5. The summed E-state index contributed by atoms with van der Waals surface area (Å²) in [5.41, 5.74) is 2.65. The van der Waals surface area contributed by atoms with Gasteiger partial charge >= 0.3 is 5.97 Å². The fourth-order valence-electron chi connectivity index (χ4n) is 2.79. The van der Waals surface area contributed by atoms with E-state index >= 15 is 0 Å². The van der Waals surface area contributed by atoms with Crippen LogP contribution in [0, 0.1) is 13.8 Å². The Hall–Kier alpha value is -2.73. The standard InChI is InChI=1S/C20H24O6/c1-13-17(25-11-15-9-7-6-8-10-15)14(2)19(24-5)16(18(13)23-4)20(21)26-12-22-3/h6-10H,11-12H2,1-5H3. The van der Waals surface area contributed by atoms with E-state index < -0.39 is 5.97 Å². The second-order valence-electron chi connectivity index (χ2n) is 5.63. The molecule has 0 saturated heterocycles. The van der Waals surface area contributed by atoms with Crippen molar-refractivity contribution < 1.29 is 28.5 Å². The second-order valence-corrected chi connectivity index (χ2v) is 5.63. The first-order valence-corrected chi connectivity index (χ1v) is 8.13. The third-order valence-electron chi connectivity index (χ3n) is 3.96. The van der Waals surface area contributed by atoms with Crippen molar-refractivity contribution in [2.75, 3.05) is 28.1 Å². The van der Waals surface area contributed by atoms with Crippen LogP contribution in [0.15, 0.2) is 30.3 Å². The van der Waals surface area contributed by atoms with Gasteiger partial charge in [0.15, 0.2) is 6.79 Å². The van der Waals surface area contributed by atoms with Gasteiger partial charge in [-0.05, 0) is 19.4 Å². The van der Waals surface area contributed by atoms with Crippen LogP contribution in [0.25, 0.3) is 0 Å². The lowest BCUT2D eigenvalue weighted by Crippen LogP contribution is -2.13. The third-order valence-corrected chi connectivity index (χ3v) is 3.96. The highest BCUT2D eigenvalue weighted by Gasteiger charge is 2.28. The minimum absolute atomic E-state index is 0.157. The molecule has 0 unspecified atom stereocenters. The third kappa shape index (κ3) is 4.08. The molecule has 0 fully saturated rings. The highest BCUT2D eigenvalue weighted by atomic mass is 16.7. The zero-order valence-electron chi connectivity index (χ0n) is 15.8. The van der Waals surface area contributed by atoms with Crippen LogP contribution in [0.2, 0.25) is 0 Å². The highest BCUT2D eigenvalue weighted by Crippen LogP contribution is 2.43. The van der Waals surface area contributed by atoms with Gasteiger partial charge in [-0.25, -0.2) is 4.79 Å². The zero-order valence-corrected chi connectivity index (χ0v) is 15.8. The monoisotopic (exact) mass is 360 g/mol. The molecule has 6 heteroatoms. The molecule has 0 aliphatic heterocycles. The van der Waals surface area contributed by atoms with Gasteiger partial charge in [0.2, 0.25) is 0 Å². The van der Waals surface area contributed by atoms with Crippen LogP contribution < -0.4 is 14.2 Å². The SMILES string of the molecule is COCOC(=O)c1c(OC)c(C)c(OCc2ccccc2)c(C)c1OC. The quantitative estimate of drug-likeness (QED) is 0.529. The fraction of sp³-hybridized carbons (Fsp3) is 0.350. The van der Waals surface area contributed by atoms with Gasteiger partial charge in [0.05, 0.1) is 14.2 Å². The summed E-state index contributed by atoms with van der Waals surface area (Å²) in [7, 11) is 4.43. The maximum Gasteiger partial charge on any atom is 0.347 e. The molecule has 0 saturated carbocycles. The number of esters is 1. The molecule has 6 nitrogen and oxygen atoms in total. The van der Waals surface area contributed by atoms with E-state index in [-0.39, 0.29) is 12.4 Å². The Balaban J connectivity index is 2.45. The van der Waals surface area contributed by atoms with E-state index in [1.807, 2.05) is 44.2 Å². The Bertz CT molecular complexity index is 724. The average Bonchev–Trinajstić information content (AvgIpc) is 2.66. The van der Waals surface area contributed by atoms with E-state index in [9.17, 15) is 4.79 Å². The Morgan fingerprint density at radius 3 is 1.96 bits per heavy atom. The fourth-order valence-corrected chi connectivity index (χ4v) is 2.79. The first-order valence-electron chi connectivity index (χ1n) is 8.13.